The van der Waals surface area contributed by atoms with Crippen molar-refractivity contribution in [2.75, 3.05) is 6.61 Å². The van der Waals surface area contributed by atoms with E-state index in [1.165, 1.54) is 51.4 Å². The van der Waals surface area contributed by atoms with E-state index in [0.29, 0.717) is 6.61 Å². The fourth-order valence-corrected chi connectivity index (χ4v) is 2.19. The summed E-state index contributed by atoms with van der Waals surface area (Å²) < 4.78 is 5.32. The molecule has 0 bridgehead atoms. The van der Waals surface area contributed by atoms with Gasteiger partial charge in [-0.05, 0) is 12.8 Å². The number of ether oxygens (including phenoxy) is 1. The molecule has 19 heavy (non-hydrogen) atoms. The van der Waals surface area contributed by atoms with Crippen LogP contribution in [0.2, 0.25) is 0 Å². The van der Waals surface area contributed by atoms with Gasteiger partial charge in [0.25, 0.3) is 0 Å². The zero-order valence-corrected chi connectivity index (χ0v) is 13.4. The quantitative estimate of drug-likeness (QED) is 0.326. The number of hydrogen-bond acceptors (Lipinski definition) is 2. The van der Waals surface area contributed by atoms with E-state index in [4.69, 9.17) is 4.74 Å². The van der Waals surface area contributed by atoms with Crippen molar-refractivity contribution < 1.29 is 9.53 Å². The van der Waals surface area contributed by atoms with Gasteiger partial charge < -0.3 is 4.74 Å². The molecule has 0 aromatic carbocycles. The van der Waals surface area contributed by atoms with Crippen molar-refractivity contribution in [2.24, 2.45) is 5.92 Å². The van der Waals surface area contributed by atoms with Crippen molar-refractivity contribution in [3.05, 3.63) is 0 Å². The molecule has 0 N–H and O–H groups in total. The fourth-order valence-electron chi connectivity index (χ4n) is 2.19. The molecule has 0 saturated carbocycles. The highest BCUT2D eigenvalue weighted by molar-refractivity contribution is 5.71. The molecule has 0 heterocycles. The van der Waals surface area contributed by atoms with Gasteiger partial charge >= 0.3 is 5.97 Å². The van der Waals surface area contributed by atoms with Crippen LogP contribution >= 0.6 is 0 Å². The Morgan fingerprint density at radius 3 is 2.00 bits per heavy atom. The number of hydrogen-bond donors (Lipinski definition) is 0. The van der Waals surface area contributed by atoms with Crippen molar-refractivity contribution in [3.8, 4) is 0 Å². The number of esters is 1. The molecular formula is C17H34O2. The third-order valence-corrected chi connectivity index (χ3v) is 3.64. The highest BCUT2D eigenvalue weighted by Crippen LogP contribution is 2.12. The molecule has 0 aromatic heterocycles. The lowest BCUT2D eigenvalue weighted by molar-refractivity contribution is -0.148. The van der Waals surface area contributed by atoms with Crippen LogP contribution in [0.15, 0.2) is 0 Å². The first-order chi connectivity index (χ1) is 9.22. The largest absolute Gasteiger partial charge is 0.465 e. The highest BCUT2D eigenvalue weighted by Gasteiger charge is 2.13. The molecule has 114 valence electrons. The van der Waals surface area contributed by atoms with Crippen LogP contribution in [0.25, 0.3) is 0 Å². The average molecular weight is 270 g/mol. The topological polar surface area (TPSA) is 26.3 Å². The van der Waals surface area contributed by atoms with Gasteiger partial charge in [0.2, 0.25) is 0 Å². The van der Waals surface area contributed by atoms with Crippen molar-refractivity contribution in [1.29, 1.82) is 0 Å². The Hall–Kier alpha value is -0.530. The van der Waals surface area contributed by atoms with Crippen LogP contribution in [0.1, 0.15) is 91.4 Å². The van der Waals surface area contributed by atoms with Crippen molar-refractivity contribution in [2.45, 2.75) is 91.4 Å². The Labute approximate surface area is 120 Å². The molecule has 0 amide bonds. The summed E-state index contributed by atoms with van der Waals surface area (Å²) in [6, 6.07) is 0. The molecule has 2 nitrogen and oxygen atoms in total. The van der Waals surface area contributed by atoms with Gasteiger partial charge in [-0.25, -0.2) is 0 Å². The minimum Gasteiger partial charge on any atom is -0.465 e. The molecule has 0 aromatic rings. The summed E-state index contributed by atoms with van der Waals surface area (Å²) in [6.45, 7) is 7.03. The summed E-state index contributed by atoms with van der Waals surface area (Å²) in [6.07, 6.45) is 13.4. The maximum absolute atomic E-state index is 11.7. The second-order valence-corrected chi connectivity index (χ2v) is 5.69. The van der Waals surface area contributed by atoms with Crippen LogP contribution in [0, 0.1) is 5.92 Å². The lowest BCUT2D eigenvalue weighted by atomic mass is 10.0. The van der Waals surface area contributed by atoms with Gasteiger partial charge in [0.15, 0.2) is 0 Å². The van der Waals surface area contributed by atoms with Gasteiger partial charge in [-0.2, -0.15) is 0 Å². The molecule has 0 aliphatic heterocycles. The molecule has 2 heteroatoms. The van der Waals surface area contributed by atoms with E-state index in [2.05, 4.69) is 13.8 Å². The first-order valence-electron chi connectivity index (χ1n) is 8.39. The van der Waals surface area contributed by atoms with E-state index in [1.807, 2.05) is 6.92 Å². The normalized spacial score (nSPS) is 12.4. The molecule has 0 aliphatic rings. The first-order valence-corrected chi connectivity index (χ1v) is 8.39. The first kappa shape index (κ1) is 18.5. The van der Waals surface area contributed by atoms with Gasteiger partial charge in [-0.1, -0.05) is 78.6 Å². The Balaban J connectivity index is 3.32. The van der Waals surface area contributed by atoms with Crippen LogP contribution < -0.4 is 0 Å². The van der Waals surface area contributed by atoms with E-state index < -0.39 is 0 Å². The summed E-state index contributed by atoms with van der Waals surface area (Å²) in [7, 11) is 0. The summed E-state index contributed by atoms with van der Waals surface area (Å²) in [5, 5.41) is 0. The van der Waals surface area contributed by atoms with Crippen LogP contribution in [0.3, 0.4) is 0 Å². The summed E-state index contributed by atoms with van der Waals surface area (Å²) in [4.78, 5) is 11.7. The number of carbonyl (C=O) groups excluding carboxylic acids is 1. The Kier molecular flexibility index (Phi) is 13.5. The maximum Gasteiger partial charge on any atom is 0.308 e. The molecule has 0 rings (SSSR count). The third-order valence-electron chi connectivity index (χ3n) is 3.64. The number of unbranched alkanes of at least 4 members (excludes halogenated alkanes) is 8. The minimum atomic E-state index is 0.00193. The fraction of sp³-hybridized carbons (Fsp3) is 0.941. The molecule has 0 fully saturated rings. The molecular weight excluding hydrogens is 236 g/mol. The average Bonchev–Trinajstić information content (AvgIpc) is 2.41. The lowest BCUT2D eigenvalue weighted by Crippen LogP contribution is -2.15. The summed E-state index contributed by atoms with van der Waals surface area (Å²) >= 11 is 0. The van der Waals surface area contributed by atoms with Gasteiger partial charge in [0.05, 0.1) is 12.5 Å². The van der Waals surface area contributed by atoms with E-state index in [9.17, 15) is 4.79 Å². The Morgan fingerprint density at radius 2 is 1.37 bits per heavy atom. The SMILES string of the molecule is CCCCCCCCCOC(=O)C(C)CCCCC. The molecule has 0 radical (unpaired) electrons. The second-order valence-electron chi connectivity index (χ2n) is 5.69. The third kappa shape index (κ3) is 12.3. The second kappa shape index (κ2) is 13.9. The van der Waals surface area contributed by atoms with Crippen LogP contribution in [-0.4, -0.2) is 12.6 Å². The smallest absolute Gasteiger partial charge is 0.308 e. The summed E-state index contributed by atoms with van der Waals surface area (Å²) in [5.41, 5.74) is 0. The minimum absolute atomic E-state index is 0.00193. The van der Waals surface area contributed by atoms with Crippen LogP contribution in [0.5, 0.6) is 0 Å². The standard InChI is InChI=1S/C17H34O2/c1-4-6-8-9-10-11-13-15-19-17(18)16(3)14-12-7-5-2/h16H,4-15H2,1-3H3. The van der Waals surface area contributed by atoms with Gasteiger partial charge in [0.1, 0.15) is 0 Å². The molecule has 0 aliphatic carbocycles. The lowest BCUT2D eigenvalue weighted by Gasteiger charge is -2.11. The Morgan fingerprint density at radius 1 is 0.842 bits per heavy atom. The van der Waals surface area contributed by atoms with Gasteiger partial charge in [-0.15, -0.1) is 0 Å². The van der Waals surface area contributed by atoms with Crippen molar-refractivity contribution in [3.63, 3.8) is 0 Å². The van der Waals surface area contributed by atoms with Gasteiger partial charge in [-0.3, -0.25) is 4.79 Å². The van der Waals surface area contributed by atoms with E-state index in [-0.39, 0.29) is 11.9 Å². The molecule has 1 unspecified atom stereocenters. The van der Waals surface area contributed by atoms with E-state index >= 15 is 0 Å². The maximum atomic E-state index is 11.7. The molecule has 0 spiro atoms. The number of rotatable bonds is 13. The van der Waals surface area contributed by atoms with Gasteiger partial charge in [0, 0.05) is 0 Å². The van der Waals surface area contributed by atoms with Crippen molar-refractivity contribution >= 4 is 5.97 Å². The zero-order valence-electron chi connectivity index (χ0n) is 13.4. The van der Waals surface area contributed by atoms with Crippen LogP contribution in [-0.2, 0) is 9.53 Å². The molecule has 0 saturated heterocycles. The molecule has 1 atom stereocenters. The number of carbonyl (C=O) groups is 1. The van der Waals surface area contributed by atoms with Crippen LogP contribution in [0.4, 0.5) is 0 Å². The monoisotopic (exact) mass is 270 g/mol. The predicted octanol–water partition coefficient (Wildman–Crippen LogP) is 5.50. The van der Waals surface area contributed by atoms with E-state index in [1.54, 1.807) is 0 Å². The zero-order chi connectivity index (χ0) is 14.3. The predicted molar refractivity (Wildman–Crippen MR) is 82.3 cm³/mol. The Bertz CT molecular complexity index is 201. The van der Waals surface area contributed by atoms with Crippen molar-refractivity contribution in [1.82, 2.24) is 0 Å². The highest BCUT2D eigenvalue weighted by atomic mass is 16.5. The van der Waals surface area contributed by atoms with E-state index in [0.717, 1.165) is 19.3 Å². The summed E-state index contributed by atoms with van der Waals surface area (Å²) in [5.74, 6) is 0.0817.